The number of carbonyl (C=O) groups is 1. The van der Waals surface area contributed by atoms with Crippen molar-refractivity contribution in [1.29, 1.82) is 0 Å². The topological polar surface area (TPSA) is 93.5 Å². The molecule has 1 aromatic heterocycles. The van der Waals surface area contributed by atoms with E-state index in [9.17, 15) is 13.2 Å². The number of nitrogens with zero attached hydrogens (tertiary/aromatic N) is 3. The van der Waals surface area contributed by atoms with E-state index < -0.39 is 15.6 Å². The molecule has 1 amide bonds. The van der Waals surface area contributed by atoms with Crippen molar-refractivity contribution in [3.05, 3.63) is 36.7 Å². The van der Waals surface area contributed by atoms with E-state index in [4.69, 9.17) is 4.74 Å². The molecule has 0 radical (unpaired) electrons. The van der Waals surface area contributed by atoms with Gasteiger partial charge in [0.2, 0.25) is 15.9 Å². The minimum Gasteiger partial charge on any atom is -0.495 e. The van der Waals surface area contributed by atoms with Gasteiger partial charge in [0.05, 0.1) is 12.8 Å². The average molecular weight is 390 g/mol. The van der Waals surface area contributed by atoms with E-state index in [-0.39, 0.29) is 16.6 Å². The maximum absolute atomic E-state index is 13.6. The van der Waals surface area contributed by atoms with Crippen LogP contribution in [0.25, 0.3) is 5.69 Å². The van der Waals surface area contributed by atoms with E-state index in [2.05, 4.69) is 10.4 Å². The molecule has 0 bridgehead atoms. The Kier molecular flexibility index (Phi) is 4.43. The number of ether oxygens (including phenoxy) is 1. The van der Waals surface area contributed by atoms with Gasteiger partial charge in [-0.1, -0.05) is 0 Å². The van der Waals surface area contributed by atoms with Crippen molar-refractivity contribution >= 4 is 15.9 Å². The molecule has 27 heavy (non-hydrogen) atoms. The maximum atomic E-state index is 13.6. The van der Waals surface area contributed by atoms with Gasteiger partial charge in [0.1, 0.15) is 16.2 Å². The zero-order valence-corrected chi connectivity index (χ0v) is 15.9. The molecule has 2 aromatic rings. The Morgan fingerprint density at radius 1 is 1.26 bits per heavy atom. The number of rotatable bonds is 4. The molecule has 0 aliphatic carbocycles. The number of nitrogens with one attached hydrogen (secondary N) is 1. The minimum absolute atomic E-state index is 0.0534. The summed E-state index contributed by atoms with van der Waals surface area (Å²) in [5.41, 5.74) is -0.384. The molecule has 4 rings (SSSR count). The first-order chi connectivity index (χ1) is 13.0. The second kappa shape index (κ2) is 6.65. The molecule has 1 spiro atoms. The molecule has 1 atom stereocenters. The van der Waals surface area contributed by atoms with Crippen LogP contribution in [0, 0.1) is 0 Å². The monoisotopic (exact) mass is 390 g/mol. The van der Waals surface area contributed by atoms with Crippen LogP contribution in [0.4, 0.5) is 0 Å². The van der Waals surface area contributed by atoms with Crippen LogP contribution in [0.15, 0.2) is 41.6 Å². The number of piperidine rings is 1. The first-order valence-electron chi connectivity index (χ1n) is 8.98. The van der Waals surface area contributed by atoms with Crippen LogP contribution in [-0.4, -0.2) is 54.1 Å². The van der Waals surface area contributed by atoms with E-state index in [1.54, 1.807) is 41.3 Å². The lowest BCUT2D eigenvalue weighted by Gasteiger charge is -2.39. The summed E-state index contributed by atoms with van der Waals surface area (Å²) >= 11 is 0. The second-order valence-electron chi connectivity index (χ2n) is 6.86. The Bertz CT molecular complexity index is 958. The lowest BCUT2D eigenvalue weighted by atomic mass is 9.88. The van der Waals surface area contributed by atoms with Crippen molar-refractivity contribution in [3.63, 3.8) is 0 Å². The number of aromatic nitrogens is 2. The summed E-state index contributed by atoms with van der Waals surface area (Å²) in [4.78, 5) is 12.7. The summed E-state index contributed by atoms with van der Waals surface area (Å²) in [6, 6.07) is 6.68. The van der Waals surface area contributed by atoms with Gasteiger partial charge in [-0.3, -0.25) is 4.79 Å². The number of benzene rings is 1. The van der Waals surface area contributed by atoms with E-state index >= 15 is 0 Å². The fraction of sp³-hybridized carbons (Fsp3) is 0.444. The third-order valence-electron chi connectivity index (χ3n) is 5.39. The number of sulfonamides is 1. The molecular formula is C18H22N4O4S. The van der Waals surface area contributed by atoms with Gasteiger partial charge in [-0.2, -0.15) is 9.40 Å². The van der Waals surface area contributed by atoms with Crippen LogP contribution < -0.4 is 10.1 Å². The summed E-state index contributed by atoms with van der Waals surface area (Å²) in [7, 11) is -2.49. The highest BCUT2D eigenvalue weighted by molar-refractivity contribution is 7.89. The first-order valence-corrected chi connectivity index (χ1v) is 10.4. The summed E-state index contributed by atoms with van der Waals surface area (Å²) in [6.07, 6.45) is 5.87. The Morgan fingerprint density at radius 3 is 2.78 bits per heavy atom. The average Bonchev–Trinajstić information content (AvgIpc) is 3.35. The van der Waals surface area contributed by atoms with Crippen molar-refractivity contribution in [2.75, 3.05) is 20.2 Å². The minimum atomic E-state index is -3.93. The lowest BCUT2D eigenvalue weighted by molar-refractivity contribution is -0.131. The van der Waals surface area contributed by atoms with Crippen molar-refractivity contribution in [1.82, 2.24) is 19.4 Å². The van der Waals surface area contributed by atoms with Crippen molar-refractivity contribution in [2.45, 2.75) is 36.1 Å². The lowest BCUT2D eigenvalue weighted by Crippen LogP contribution is -2.60. The summed E-state index contributed by atoms with van der Waals surface area (Å²) in [5.74, 6) is 0.0567. The standard InChI is InChI=1S/C18H22N4O4S/c1-26-15-6-5-14(21-11-4-10-20-21)13-16(15)27(24,25)22-12-3-8-18(22)7-2-9-19-17(18)23/h4-6,10-11,13H,2-3,7-9,12H2,1H3,(H,19,23). The summed E-state index contributed by atoms with van der Waals surface area (Å²) < 4.78 is 35.5. The van der Waals surface area contributed by atoms with Gasteiger partial charge in [0.15, 0.2) is 0 Å². The van der Waals surface area contributed by atoms with Crippen LogP contribution in [0.1, 0.15) is 25.7 Å². The van der Waals surface area contributed by atoms with Crippen molar-refractivity contribution in [3.8, 4) is 11.4 Å². The van der Waals surface area contributed by atoms with Gasteiger partial charge in [-0.25, -0.2) is 13.1 Å². The second-order valence-corrected chi connectivity index (χ2v) is 8.69. The highest BCUT2D eigenvalue weighted by Crippen LogP contribution is 2.41. The molecule has 2 aliphatic heterocycles. The zero-order chi connectivity index (χ0) is 19.1. The highest BCUT2D eigenvalue weighted by atomic mass is 32.2. The molecule has 2 saturated heterocycles. The normalized spacial score (nSPS) is 23.5. The van der Waals surface area contributed by atoms with Gasteiger partial charge >= 0.3 is 0 Å². The van der Waals surface area contributed by atoms with Crippen LogP contribution in [0.2, 0.25) is 0 Å². The van der Waals surface area contributed by atoms with Crippen LogP contribution in [0.3, 0.4) is 0 Å². The first kappa shape index (κ1) is 18.0. The Morgan fingerprint density at radius 2 is 2.07 bits per heavy atom. The van der Waals surface area contributed by atoms with Gasteiger partial charge in [0, 0.05) is 25.5 Å². The van der Waals surface area contributed by atoms with Crippen LogP contribution >= 0.6 is 0 Å². The molecule has 9 heteroatoms. The molecule has 1 N–H and O–H groups in total. The number of hydrogen-bond acceptors (Lipinski definition) is 5. The quantitative estimate of drug-likeness (QED) is 0.850. The molecule has 1 unspecified atom stereocenters. The van der Waals surface area contributed by atoms with Crippen LogP contribution in [0.5, 0.6) is 5.75 Å². The number of carbonyl (C=O) groups excluding carboxylic acids is 1. The molecule has 8 nitrogen and oxygen atoms in total. The third kappa shape index (κ3) is 2.81. The van der Waals surface area contributed by atoms with Crippen molar-refractivity contribution < 1.29 is 17.9 Å². The van der Waals surface area contributed by atoms with Gasteiger partial charge in [-0.05, 0) is 49.9 Å². The summed E-state index contributed by atoms with van der Waals surface area (Å²) in [6.45, 7) is 0.914. The zero-order valence-electron chi connectivity index (χ0n) is 15.1. The van der Waals surface area contributed by atoms with Gasteiger partial charge < -0.3 is 10.1 Å². The predicted octanol–water partition coefficient (Wildman–Crippen LogP) is 1.31. The van der Waals surface area contributed by atoms with Crippen LogP contribution in [-0.2, 0) is 14.8 Å². The SMILES string of the molecule is COc1ccc(-n2cccn2)cc1S(=O)(=O)N1CCCC12CCCNC2=O. The Balaban J connectivity index is 1.81. The Labute approximate surface area is 158 Å². The molecule has 0 saturated carbocycles. The van der Waals surface area contributed by atoms with E-state index in [0.29, 0.717) is 38.0 Å². The summed E-state index contributed by atoms with van der Waals surface area (Å²) in [5, 5.41) is 7.00. The molecule has 144 valence electrons. The third-order valence-corrected chi connectivity index (χ3v) is 7.38. The highest BCUT2D eigenvalue weighted by Gasteiger charge is 2.54. The maximum Gasteiger partial charge on any atom is 0.247 e. The van der Waals surface area contributed by atoms with Gasteiger partial charge in [0.25, 0.3) is 0 Å². The van der Waals surface area contributed by atoms with E-state index in [0.717, 1.165) is 6.42 Å². The molecular weight excluding hydrogens is 368 g/mol. The fourth-order valence-corrected chi connectivity index (χ4v) is 6.10. The number of methoxy groups -OCH3 is 1. The smallest absolute Gasteiger partial charge is 0.247 e. The predicted molar refractivity (Wildman–Crippen MR) is 98.2 cm³/mol. The van der Waals surface area contributed by atoms with Crippen molar-refractivity contribution in [2.24, 2.45) is 0 Å². The van der Waals surface area contributed by atoms with E-state index in [1.165, 1.54) is 11.4 Å². The van der Waals surface area contributed by atoms with E-state index in [1.807, 2.05) is 0 Å². The molecule has 3 heterocycles. The van der Waals surface area contributed by atoms with Gasteiger partial charge in [-0.15, -0.1) is 0 Å². The molecule has 2 aliphatic rings. The number of amides is 1. The molecule has 1 aromatic carbocycles. The fourth-order valence-electron chi connectivity index (χ4n) is 4.09. The molecule has 2 fully saturated rings. The largest absolute Gasteiger partial charge is 0.495 e. The number of hydrogen-bond donors (Lipinski definition) is 1. The Hall–Kier alpha value is -2.39.